The molecule has 1 fully saturated rings. The van der Waals surface area contributed by atoms with Gasteiger partial charge in [0.15, 0.2) is 5.78 Å². The highest BCUT2D eigenvalue weighted by Gasteiger charge is 2.28. The number of likely N-dealkylation sites (tertiary alicyclic amines) is 1. The van der Waals surface area contributed by atoms with Gasteiger partial charge in [-0.25, -0.2) is 0 Å². The molecule has 0 atom stereocenters. The molecule has 0 aromatic heterocycles. The third-order valence-corrected chi connectivity index (χ3v) is 4.54. The Bertz CT molecular complexity index is 569. The van der Waals surface area contributed by atoms with Crippen molar-refractivity contribution in [1.29, 1.82) is 0 Å². The maximum absolute atomic E-state index is 12.3. The summed E-state index contributed by atoms with van der Waals surface area (Å²) in [6.07, 6.45) is 2.26. The van der Waals surface area contributed by atoms with E-state index < -0.39 is 0 Å². The Morgan fingerprint density at radius 1 is 1.29 bits per heavy atom. The van der Waals surface area contributed by atoms with Gasteiger partial charge in [-0.05, 0) is 36.5 Å². The lowest BCUT2D eigenvalue weighted by atomic mass is 9.85. The molecule has 1 aliphatic heterocycles. The number of hydrogen-bond donors (Lipinski definition) is 0. The topological polar surface area (TPSA) is 37.4 Å². The van der Waals surface area contributed by atoms with Crippen molar-refractivity contribution in [3.05, 3.63) is 33.8 Å². The minimum atomic E-state index is -0.148. The zero-order valence-corrected chi connectivity index (χ0v) is 13.8. The average molecular weight is 328 g/mol. The van der Waals surface area contributed by atoms with Crippen LogP contribution in [0.25, 0.3) is 0 Å². The SMILES string of the molecule is CC1(C)CCC(=O)N(CC(=O)c2ccc(Cl)cc2Cl)CC1. The number of benzene rings is 1. The van der Waals surface area contributed by atoms with Gasteiger partial charge < -0.3 is 4.90 Å². The van der Waals surface area contributed by atoms with Gasteiger partial charge in [-0.3, -0.25) is 9.59 Å². The Morgan fingerprint density at radius 2 is 2.00 bits per heavy atom. The number of nitrogens with zero attached hydrogens (tertiary/aromatic N) is 1. The first kappa shape index (κ1) is 16.3. The molecule has 0 N–H and O–H groups in total. The molecular weight excluding hydrogens is 309 g/mol. The van der Waals surface area contributed by atoms with E-state index in [1.807, 2.05) is 0 Å². The molecule has 2 rings (SSSR count). The predicted molar refractivity (Wildman–Crippen MR) is 85.0 cm³/mol. The molecule has 21 heavy (non-hydrogen) atoms. The second-order valence-electron chi connectivity index (χ2n) is 6.28. The average Bonchev–Trinajstić information content (AvgIpc) is 2.51. The fraction of sp³-hybridized carbons (Fsp3) is 0.500. The van der Waals surface area contributed by atoms with Crippen LogP contribution in [0.4, 0.5) is 0 Å². The molecule has 5 heteroatoms. The van der Waals surface area contributed by atoms with Gasteiger partial charge in [0.1, 0.15) is 0 Å². The van der Waals surface area contributed by atoms with E-state index in [2.05, 4.69) is 13.8 Å². The van der Waals surface area contributed by atoms with Crippen LogP contribution in [0.15, 0.2) is 18.2 Å². The molecule has 0 radical (unpaired) electrons. The van der Waals surface area contributed by atoms with E-state index in [9.17, 15) is 9.59 Å². The number of hydrogen-bond acceptors (Lipinski definition) is 2. The van der Waals surface area contributed by atoms with Crippen LogP contribution in [-0.2, 0) is 4.79 Å². The fourth-order valence-electron chi connectivity index (χ4n) is 2.43. The van der Waals surface area contributed by atoms with Crippen molar-refractivity contribution in [2.75, 3.05) is 13.1 Å². The van der Waals surface area contributed by atoms with E-state index in [1.54, 1.807) is 23.1 Å². The molecule has 114 valence electrons. The van der Waals surface area contributed by atoms with Crippen molar-refractivity contribution in [2.45, 2.75) is 33.1 Å². The quantitative estimate of drug-likeness (QED) is 0.779. The first-order valence-electron chi connectivity index (χ1n) is 7.04. The lowest BCUT2D eigenvalue weighted by Gasteiger charge is -2.23. The normalized spacial score (nSPS) is 18.5. The highest BCUT2D eigenvalue weighted by molar-refractivity contribution is 6.36. The smallest absolute Gasteiger partial charge is 0.222 e. The molecule has 0 unspecified atom stereocenters. The number of amides is 1. The van der Waals surface area contributed by atoms with Gasteiger partial charge in [-0.2, -0.15) is 0 Å². The van der Waals surface area contributed by atoms with Gasteiger partial charge >= 0.3 is 0 Å². The Labute approximate surface area is 135 Å². The number of carbonyl (C=O) groups is 2. The molecule has 0 saturated carbocycles. The van der Waals surface area contributed by atoms with Crippen LogP contribution < -0.4 is 0 Å². The number of ketones is 1. The molecule has 1 amide bonds. The minimum absolute atomic E-state index is 0.0408. The summed E-state index contributed by atoms with van der Waals surface area (Å²) in [5, 5.41) is 0.819. The third-order valence-electron chi connectivity index (χ3n) is 3.99. The summed E-state index contributed by atoms with van der Waals surface area (Å²) < 4.78 is 0. The first-order valence-corrected chi connectivity index (χ1v) is 7.80. The van der Waals surface area contributed by atoms with E-state index in [0.717, 1.165) is 12.8 Å². The van der Waals surface area contributed by atoms with Gasteiger partial charge in [0.2, 0.25) is 5.91 Å². The van der Waals surface area contributed by atoms with Crippen molar-refractivity contribution < 1.29 is 9.59 Å². The summed E-state index contributed by atoms with van der Waals surface area (Å²) in [4.78, 5) is 26.1. The summed E-state index contributed by atoms with van der Waals surface area (Å²) in [7, 11) is 0. The number of rotatable bonds is 3. The predicted octanol–water partition coefficient (Wildman–Crippen LogP) is 4.21. The lowest BCUT2D eigenvalue weighted by Crippen LogP contribution is -2.35. The number of halogens is 2. The van der Waals surface area contributed by atoms with Gasteiger partial charge in [-0.1, -0.05) is 37.0 Å². The van der Waals surface area contributed by atoms with Gasteiger partial charge in [0, 0.05) is 23.6 Å². The molecule has 1 saturated heterocycles. The Kier molecular flexibility index (Phi) is 4.95. The Balaban J connectivity index is 2.09. The Morgan fingerprint density at radius 3 is 2.67 bits per heavy atom. The van der Waals surface area contributed by atoms with Crippen LogP contribution in [0.3, 0.4) is 0 Å². The van der Waals surface area contributed by atoms with E-state index in [1.165, 1.54) is 0 Å². The lowest BCUT2D eigenvalue weighted by molar-refractivity contribution is -0.130. The summed E-state index contributed by atoms with van der Waals surface area (Å²) in [5.74, 6) is -0.108. The first-order chi connectivity index (χ1) is 9.78. The van der Waals surface area contributed by atoms with Crippen LogP contribution >= 0.6 is 23.2 Å². The number of Topliss-reactive ketones (excluding diaryl/α,β-unsaturated/α-hetero) is 1. The highest BCUT2D eigenvalue weighted by atomic mass is 35.5. The standard InChI is InChI=1S/C16H19Cl2NO2/c1-16(2)6-5-15(21)19(8-7-16)10-14(20)12-4-3-11(17)9-13(12)18/h3-4,9H,5-8,10H2,1-2H3. The van der Waals surface area contributed by atoms with Gasteiger partial charge in [0.25, 0.3) is 0 Å². The van der Waals surface area contributed by atoms with Crippen molar-refractivity contribution in [2.24, 2.45) is 5.41 Å². The summed E-state index contributed by atoms with van der Waals surface area (Å²) >= 11 is 11.9. The van der Waals surface area contributed by atoms with Crippen molar-refractivity contribution in [3.8, 4) is 0 Å². The van der Waals surface area contributed by atoms with E-state index in [-0.39, 0.29) is 23.7 Å². The van der Waals surface area contributed by atoms with Crippen molar-refractivity contribution >= 4 is 34.9 Å². The fourth-order valence-corrected chi connectivity index (χ4v) is 2.95. The molecule has 1 aromatic carbocycles. The third kappa shape index (κ3) is 4.21. The monoisotopic (exact) mass is 327 g/mol. The largest absolute Gasteiger partial charge is 0.335 e. The van der Waals surface area contributed by atoms with E-state index in [4.69, 9.17) is 23.2 Å². The molecule has 1 heterocycles. The zero-order valence-electron chi connectivity index (χ0n) is 12.3. The van der Waals surface area contributed by atoms with Gasteiger partial charge in [-0.15, -0.1) is 0 Å². The second-order valence-corrected chi connectivity index (χ2v) is 7.12. The second kappa shape index (κ2) is 6.37. The summed E-state index contributed by atoms with van der Waals surface area (Å²) in [6, 6.07) is 4.79. The van der Waals surface area contributed by atoms with E-state index >= 15 is 0 Å². The maximum atomic E-state index is 12.3. The zero-order chi connectivity index (χ0) is 15.6. The highest BCUT2D eigenvalue weighted by Crippen LogP contribution is 2.30. The number of carbonyl (C=O) groups excluding carboxylic acids is 2. The molecule has 0 spiro atoms. The molecule has 3 nitrogen and oxygen atoms in total. The van der Waals surface area contributed by atoms with Crippen LogP contribution in [0, 0.1) is 5.41 Å². The van der Waals surface area contributed by atoms with E-state index in [0.29, 0.717) is 28.6 Å². The summed E-state index contributed by atoms with van der Waals surface area (Å²) in [5.41, 5.74) is 0.558. The van der Waals surface area contributed by atoms with Gasteiger partial charge in [0.05, 0.1) is 11.6 Å². The molecular formula is C16H19Cl2NO2. The maximum Gasteiger partial charge on any atom is 0.222 e. The van der Waals surface area contributed by atoms with Crippen LogP contribution in [0.2, 0.25) is 10.0 Å². The van der Waals surface area contributed by atoms with Crippen LogP contribution in [0.5, 0.6) is 0 Å². The molecule has 0 aliphatic carbocycles. The van der Waals surface area contributed by atoms with Crippen molar-refractivity contribution in [3.63, 3.8) is 0 Å². The molecule has 1 aliphatic rings. The van der Waals surface area contributed by atoms with Crippen LogP contribution in [-0.4, -0.2) is 29.7 Å². The minimum Gasteiger partial charge on any atom is -0.335 e. The van der Waals surface area contributed by atoms with Crippen molar-refractivity contribution in [1.82, 2.24) is 4.90 Å². The van der Waals surface area contributed by atoms with Crippen LogP contribution in [0.1, 0.15) is 43.5 Å². The summed E-state index contributed by atoms with van der Waals surface area (Å²) in [6.45, 7) is 5.00. The molecule has 1 aromatic rings. The Hall–Kier alpha value is -1.06. The molecule has 0 bridgehead atoms.